The Morgan fingerprint density at radius 2 is 1.85 bits per heavy atom. The molecule has 1 aliphatic rings. The van der Waals surface area contributed by atoms with Gasteiger partial charge in [0.05, 0.1) is 0 Å². The highest BCUT2D eigenvalue weighted by atomic mass is 35.5. The first kappa shape index (κ1) is 10.3. The molecule has 1 heterocycles. The maximum absolute atomic E-state index is 12.5. The average molecular weight is 224 g/mol. The molecule has 1 N–H and O–H groups in total. The van der Waals surface area contributed by atoms with Gasteiger partial charge >= 0.3 is 12.2 Å². The van der Waals surface area contributed by atoms with E-state index >= 15 is 0 Å². The molecule has 1 unspecified atom stereocenters. The number of hydrazone groups is 1. The van der Waals surface area contributed by atoms with E-state index in [-0.39, 0.29) is 0 Å². The number of hydrogen-bond acceptors (Lipinski definition) is 3. The molecule has 0 aromatic rings. The molecule has 0 radical (unpaired) electrons. The minimum absolute atomic E-state index is 0.297. The van der Waals surface area contributed by atoms with E-state index in [2.05, 4.69) is 5.10 Å². The Balaban J connectivity index is 2.86. The first-order valence-electron chi connectivity index (χ1n) is 2.92. The van der Waals surface area contributed by atoms with Gasteiger partial charge < -0.3 is 0 Å². The largest absolute Gasteiger partial charge is 0.475 e. The van der Waals surface area contributed by atoms with E-state index in [4.69, 9.17) is 11.6 Å². The molecule has 0 amide bonds. The zero-order valence-corrected chi connectivity index (χ0v) is 6.57. The van der Waals surface area contributed by atoms with Gasteiger partial charge in [0.2, 0.25) is 0 Å². The molecule has 3 nitrogen and oxygen atoms in total. The van der Waals surface area contributed by atoms with Gasteiger partial charge in [0.15, 0.2) is 5.62 Å². The van der Waals surface area contributed by atoms with Crippen molar-refractivity contribution in [2.24, 2.45) is 5.10 Å². The minimum atomic E-state index is -5.68. The summed E-state index contributed by atoms with van der Waals surface area (Å²) in [6.07, 6.45) is -5.39. The molecule has 13 heavy (non-hydrogen) atoms. The van der Waals surface area contributed by atoms with Crippen LogP contribution in [-0.2, 0) is 0 Å². The van der Waals surface area contributed by atoms with E-state index in [9.17, 15) is 22.0 Å². The van der Waals surface area contributed by atoms with Gasteiger partial charge in [-0.1, -0.05) is 11.6 Å². The molecule has 0 aliphatic carbocycles. The number of alkyl halides is 6. The zero-order chi connectivity index (χ0) is 10.3. The topological polar surface area (TPSA) is 27.6 Å². The van der Waals surface area contributed by atoms with E-state index < -0.39 is 22.7 Å². The third-order valence-electron chi connectivity index (χ3n) is 1.27. The van der Waals surface area contributed by atoms with Gasteiger partial charge in [-0.05, 0) is 0 Å². The summed E-state index contributed by atoms with van der Waals surface area (Å²) in [5.74, 6) is 0. The molecule has 0 fully saturated rings. The van der Waals surface area contributed by atoms with Crippen molar-refractivity contribution in [3.05, 3.63) is 0 Å². The summed E-state index contributed by atoms with van der Waals surface area (Å²) < 4.78 is 60.1. The Labute approximate surface area is 74.1 Å². The summed E-state index contributed by atoms with van der Waals surface area (Å²) in [6.45, 7) is 0. The summed E-state index contributed by atoms with van der Waals surface area (Å²) in [7, 11) is 0. The second-order valence-electron chi connectivity index (χ2n) is 2.16. The molecule has 0 saturated carbocycles. The second-order valence-corrected chi connectivity index (χ2v) is 2.57. The molecule has 9 heteroatoms. The van der Waals surface area contributed by atoms with Crippen LogP contribution in [0.5, 0.6) is 0 Å². The predicted molar refractivity (Wildman–Crippen MR) is 34.1 cm³/mol. The van der Waals surface area contributed by atoms with Crippen LogP contribution in [0.25, 0.3) is 0 Å². The van der Waals surface area contributed by atoms with Crippen molar-refractivity contribution in [2.75, 3.05) is 0 Å². The Bertz CT molecular complexity index is 226. The van der Waals surface area contributed by atoms with Crippen LogP contribution in [0.2, 0.25) is 0 Å². The lowest BCUT2D eigenvalue weighted by atomic mass is 10.5. The van der Waals surface area contributed by atoms with Gasteiger partial charge in [0.25, 0.3) is 0 Å². The third-order valence-corrected chi connectivity index (χ3v) is 1.58. The fourth-order valence-electron chi connectivity index (χ4n) is 0.639. The molecule has 0 aromatic heterocycles. The maximum atomic E-state index is 12.5. The smallest absolute Gasteiger partial charge is 0.272 e. The summed E-state index contributed by atoms with van der Waals surface area (Å²) in [4.78, 5) is -0.422. The van der Waals surface area contributed by atoms with Crippen LogP contribution in [-0.4, -0.2) is 29.1 Å². The van der Waals surface area contributed by atoms with E-state index in [1.54, 1.807) is 0 Å². The summed E-state index contributed by atoms with van der Waals surface area (Å²) in [5, 5.41) is 2.96. The standard InChI is InChI=1S/C4H3ClF5N3/c5-2-12-11-1-13(2)4(9,10)3(6,7)8/h1-2,12H. The summed E-state index contributed by atoms with van der Waals surface area (Å²) in [5.41, 5.74) is 0.131. The molecule has 1 rings (SSSR count). The Morgan fingerprint density at radius 3 is 2.15 bits per heavy atom. The van der Waals surface area contributed by atoms with Crippen molar-refractivity contribution in [1.82, 2.24) is 10.3 Å². The average Bonchev–Trinajstić information content (AvgIpc) is 2.32. The van der Waals surface area contributed by atoms with Gasteiger partial charge in [-0.25, -0.2) is 0 Å². The number of rotatable bonds is 1. The lowest BCUT2D eigenvalue weighted by molar-refractivity contribution is -0.326. The quantitative estimate of drug-likeness (QED) is 0.415. The number of halogens is 6. The van der Waals surface area contributed by atoms with Crippen LogP contribution in [0.4, 0.5) is 22.0 Å². The Hall–Kier alpha value is -0.790. The van der Waals surface area contributed by atoms with E-state index in [0.717, 1.165) is 0 Å². The Kier molecular flexibility index (Phi) is 2.27. The van der Waals surface area contributed by atoms with E-state index in [1.807, 2.05) is 5.43 Å². The van der Waals surface area contributed by atoms with Crippen molar-refractivity contribution >= 4 is 17.9 Å². The van der Waals surface area contributed by atoms with Crippen molar-refractivity contribution in [3.63, 3.8) is 0 Å². The van der Waals surface area contributed by atoms with Crippen LogP contribution < -0.4 is 5.43 Å². The highest BCUT2D eigenvalue weighted by Crippen LogP contribution is 2.39. The van der Waals surface area contributed by atoms with Crippen LogP contribution in [0, 0.1) is 0 Å². The Morgan fingerprint density at radius 1 is 1.31 bits per heavy atom. The first-order valence-corrected chi connectivity index (χ1v) is 3.36. The fourth-order valence-corrected chi connectivity index (χ4v) is 0.868. The maximum Gasteiger partial charge on any atom is 0.475 e. The molecular weight excluding hydrogens is 221 g/mol. The lowest BCUT2D eigenvalue weighted by Gasteiger charge is -2.29. The van der Waals surface area contributed by atoms with Gasteiger partial charge in [-0.2, -0.15) is 27.1 Å². The number of nitrogens with zero attached hydrogens (tertiary/aromatic N) is 2. The molecule has 0 aromatic carbocycles. The fraction of sp³-hybridized carbons (Fsp3) is 0.750. The van der Waals surface area contributed by atoms with Gasteiger partial charge in [0, 0.05) is 0 Å². The lowest BCUT2D eigenvalue weighted by Crippen LogP contribution is -2.54. The van der Waals surface area contributed by atoms with Crippen molar-refractivity contribution in [3.8, 4) is 0 Å². The van der Waals surface area contributed by atoms with Gasteiger partial charge in [0.1, 0.15) is 6.34 Å². The van der Waals surface area contributed by atoms with Crippen LogP contribution in [0.3, 0.4) is 0 Å². The molecule has 0 spiro atoms. The molecule has 1 aliphatic heterocycles. The van der Waals surface area contributed by atoms with E-state index in [0.29, 0.717) is 6.34 Å². The normalized spacial score (nSPS) is 23.5. The third kappa shape index (κ3) is 1.62. The van der Waals surface area contributed by atoms with Crippen molar-refractivity contribution in [1.29, 1.82) is 0 Å². The monoisotopic (exact) mass is 223 g/mol. The molecule has 1 atom stereocenters. The predicted octanol–water partition coefficient (Wildman–Crippen LogP) is 1.51. The van der Waals surface area contributed by atoms with Crippen LogP contribution >= 0.6 is 11.6 Å². The van der Waals surface area contributed by atoms with Crippen LogP contribution in [0.1, 0.15) is 0 Å². The highest BCUT2D eigenvalue weighted by Gasteiger charge is 2.63. The van der Waals surface area contributed by atoms with E-state index in [1.165, 1.54) is 0 Å². The minimum Gasteiger partial charge on any atom is -0.272 e. The van der Waals surface area contributed by atoms with Gasteiger partial charge in [-0.3, -0.25) is 10.3 Å². The molecule has 76 valence electrons. The summed E-state index contributed by atoms with van der Waals surface area (Å²) >= 11 is 5.08. The molecule has 0 saturated heterocycles. The zero-order valence-electron chi connectivity index (χ0n) is 5.82. The SMILES string of the molecule is FC(F)(F)C(F)(F)N1C=NNC1Cl. The van der Waals surface area contributed by atoms with Gasteiger partial charge in [-0.15, -0.1) is 0 Å². The second kappa shape index (κ2) is 2.86. The number of nitrogens with one attached hydrogen (secondary N) is 1. The molecule has 0 bridgehead atoms. The summed E-state index contributed by atoms with van der Waals surface area (Å²) in [6, 6.07) is -5.02. The van der Waals surface area contributed by atoms with Crippen LogP contribution in [0.15, 0.2) is 5.10 Å². The van der Waals surface area contributed by atoms with Crippen molar-refractivity contribution < 1.29 is 22.0 Å². The van der Waals surface area contributed by atoms with Crippen molar-refractivity contribution in [2.45, 2.75) is 17.8 Å². The molecular formula is C4H3ClF5N3. The first-order chi connectivity index (χ1) is 5.77. The number of hydrogen-bond donors (Lipinski definition) is 1. The highest BCUT2D eigenvalue weighted by molar-refractivity contribution is 6.21.